The van der Waals surface area contributed by atoms with Crippen molar-refractivity contribution in [2.45, 2.75) is 62.9 Å². The summed E-state index contributed by atoms with van der Waals surface area (Å²) in [7, 11) is -4.38. The number of hydrogen-bond acceptors (Lipinski definition) is 12. The molecule has 2 unspecified atom stereocenters. The van der Waals surface area contributed by atoms with Gasteiger partial charge in [-0.3, -0.25) is 4.98 Å². The SMILES string of the molecule is CC(C)CN(CC(OC(=O)C(F)(F)F)C(Cc1ccccc1)NC(=O)OCc1cncs1)S(=O)(=O)c1ccc2nc(NCCN3CCCC3)sc2c1. The van der Waals surface area contributed by atoms with Crippen LogP contribution in [0.4, 0.5) is 23.1 Å². The zero-order chi connectivity index (χ0) is 37.3. The van der Waals surface area contributed by atoms with Crippen LogP contribution in [0, 0.1) is 5.92 Å². The van der Waals surface area contributed by atoms with Gasteiger partial charge in [-0.1, -0.05) is 55.5 Å². The molecule has 2 N–H and O–H groups in total. The maximum atomic E-state index is 14.3. The van der Waals surface area contributed by atoms with Crippen LogP contribution >= 0.6 is 22.7 Å². The maximum Gasteiger partial charge on any atom is 0.490 e. The highest BCUT2D eigenvalue weighted by Crippen LogP contribution is 2.30. The second kappa shape index (κ2) is 17.8. The highest BCUT2D eigenvalue weighted by molar-refractivity contribution is 7.89. The van der Waals surface area contributed by atoms with E-state index in [-0.39, 0.29) is 30.4 Å². The first-order chi connectivity index (χ1) is 24.8. The second-order valence-corrected chi connectivity index (χ2v) is 16.7. The molecule has 0 bridgehead atoms. The number of alkyl carbamates (subject to hydrolysis) is 1. The number of amides is 1. The predicted octanol–water partition coefficient (Wildman–Crippen LogP) is 5.92. The summed E-state index contributed by atoms with van der Waals surface area (Å²) in [5.41, 5.74) is 2.72. The van der Waals surface area contributed by atoms with Crippen molar-refractivity contribution in [2.75, 3.05) is 44.6 Å². The van der Waals surface area contributed by atoms with Crippen molar-refractivity contribution < 1.29 is 40.7 Å². The third-order valence-electron chi connectivity index (χ3n) is 8.22. The van der Waals surface area contributed by atoms with Crippen LogP contribution in [-0.4, -0.2) is 97.2 Å². The highest BCUT2D eigenvalue weighted by Gasteiger charge is 2.45. The van der Waals surface area contributed by atoms with E-state index in [0.717, 1.165) is 23.9 Å². The molecule has 282 valence electrons. The van der Waals surface area contributed by atoms with E-state index >= 15 is 0 Å². The van der Waals surface area contributed by atoms with Gasteiger partial charge in [-0.2, -0.15) is 17.5 Å². The summed E-state index contributed by atoms with van der Waals surface area (Å²) in [6, 6.07) is 11.6. The Kier molecular flexibility index (Phi) is 13.5. The fourth-order valence-electron chi connectivity index (χ4n) is 5.73. The van der Waals surface area contributed by atoms with E-state index in [2.05, 4.69) is 25.5 Å². The Morgan fingerprint density at radius 2 is 1.83 bits per heavy atom. The van der Waals surface area contributed by atoms with E-state index < -0.39 is 47.0 Å². The molecule has 12 nitrogen and oxygen atoms in total. The number of thiazole rings is 2. The van der Waals surface area contributed by atoms with Crippen molar-refractivity contribution in [1.82, 2.24) is 24.5 Å². The summed E-state index contributed by atoms with van der Waals surface area (Å²) in [6.07, 6.45) is -4.41. The molecular formula is C34H41F3N6O6S3. The Morgan fingerprint density at radius 3 is 2.50 bits per heavy atom. The number of rotatable bonds is 17. The average molecular weight is 783 g/mol. The molecule has 0 spiro atoms. The number of nitrogens with zero attached hydrogens (tertiary/aromatic N) is 4. The number of sulfonamides is 1. The van der Waals surface area contributed by atoms with Gasteiger partial charge in [0, 0.05) is 25.8 Å². The summed E-state index contributed by atoms with van der Waals surface area (Å²) in [5.74, 6) is -2.80. The maximum absolute atomic E-state index is 14.3. The van der Waals surface area contributed by atoms with Gasteiger partial charge in [-0.15, -0.1) is 11.3 Å². The van der Waals surface area contributed by atoms with Gasteiger partial charge in [0.15, 0.2) is 5.13 Å². The van der Waals surface area contributed by atoms with Gasteiger partial charge in [0.25, 0.3) is 0 Å². The first kappa shape index (κ1) is 39.4. The summed E-state index contributed by atoms with van der Waals surface area (Å²) < 4.78 is 81.5. The van der Waals surface area contributed by atoms with Gasteiger partial charge >= 0.3 is 18.2 Å². The van der Waals surface area contributed by atoms with Crippen LogP contribution in [0.1, 0.15) is 37.1 Å². The first-order valence-corrected chi connectivity index (χ1v) is 19.9. The standard InChI is InChI=1S/C34H41F3N6O6S3/c1-23(2)19-43(52(46,47)26-10-11-27-30(17-26)51-32(40-27)39-12-15-42-13-6-7-14-42)20-29(49-31(44)34(35,36)37)28(16-24-8-4-3-5-9-24)41-33(45)48-21-25-18-38-22-50-25/h3-5,8-11,17-18,22-23,28-29H,6-7,12-16,19-21H2,1-2H3,(H,39,40)(H,41,45). The molecule has 4 aromatic rings. The van der Waals surface area contributed by atoms with Gasteiger partial charge in [-0.25, -0.2) is 23.0 Å². The number of benzene rings is 2. The van der Waals surface area contributed by atoms with Crippen molar-refractivity contribution in [3.63, 3.8) is 0 Å². The van der Waals surface area contributed by atoms with Crippen LogP contribution in [-0.2, 0) is 37.3 Å². The molecule has 2 aromatic carbocycles. The third kappa shape index (κ3) is 11.1. The van der Waals surface area contributed by atoms with Gasteiger partial charge in [0.2, 0.25) is 10.0 Å². The van der Waals surface area contributed by atoms with Crippen LogP contribution in [0.3, 0.4) is 0 Å². The quantitative estimate of drug-likeness (QED) is 0.124. The van der Waals surface area contributed by atoms with E-state index in [9.17, 15) is 31.2 Å². The van der Waals surface area contributed by atoms with Gasteiger partial charge < -0.3 is 25.0 Å². The Labute approximate surface area is 308 Å². The molecule has 52 heavy (non-hydrogen) atoms. The number of hydrogen-bond donors (Lipinski definition) is 2. The number of anilines is 1. The number of esters is 1. The lowest BCUT2D eigenvalue weighted by molar-refractivity contribution is -0.206. The molecule has 1 aliphatic rings. The van der Waals surface area contributed by atoms with Crippen LogP contribution in [0.15, 0.2) is 65.1 Å². The molecule has 0 aliphatic carbocycles. The molecule has 0 radical (unpaired) electrons. The molecule has 1 amide bonds. The van der Waals surface area contributed by atoms with Gasteiger partial charge in [0.05, 0.1) is 38.1 Å². The number of fused-ring (bicyclic) bond motifs is 1. The van der Waals surface area contributed by atoms with Crippen LogP contribution in [0.25, 0.3) is 10.2 Å². The second-order valence-electron chi connectivity index (χ2n) is 12.8. The lowest BCUT2D eigenvalue weighted by Crippen LogP contribution is -2.53. The van der Waals surface area contributed by atoms with Crippen LogP contribution in [0.5, 0.6) is 0 Å². The number of likely N-dealkylation sites (tertiary alicyclic amines) is 1. The minimum Gasteiger partial charge on any atom is -0.452 e. The number of halogens is 3. The summed E-state index contributed by atoms with van der Waals surface area (Å²) in [6.45, 7) is 6.19. The Morgan fingerprint density at radius 1 is 1.08 bits per heavy atom. The average Bonchev–Trinajstić information content (AvgIpc) is 3.89. The van der Waals surface area contributed by atoms with E-state index in [1.807, 2.05) is 0 Å². The summed E-state index contributed by atoms with van der Waals surface area (Å²) in [5, 5.41) is 6.48. The normalized spacial score (nSPS) is 15.2. The highest BCUT2D eigenvalue weighted by atomic mass is 32.2. The smallest absolute Gasteiger partial charge is 0.452 e. The number of carbonyl (C=O) groups excluding carboxylic acids is 2. The minimum atomic E-state index is -5.39. The Bertz CT molecular complexity index is 1870. The number of carbonyl (C=O) groups is 2. The molecule has 1 fully saturated rings. The van der Waals surface area contributed by atoms with Crippen molar-refractivity contribution in [1.29, 1.82) is 0 Å². The van der Waals surface area contributed by atoms with E-state index in [0.29, 0.717) is 32.3 Å². The van der Waals surface area contributed by atoms with Crippen molar-refractivity contribution in [2.24, 2.45) is 5.92 Å². The van der Waals surface area contributed by atoms with Crippen molar-refractivity contribution in [3.8, 4) is 0 Å². The number of nitrogens with one attached hydrogen (secondary N) is 2. The molecule has 2 aromatic heterocycles. The van der Waals surface area contributed by atoms with E-state index in [4.69, 9.17) is 9.47 Å². The van der Waals surface area contributed by atoms with Crippen LogP contribution in [0.2, 0.25) is 0 Å². The predicted molar refractivity (Wildman–Crippen MR) is 193 cm³/mol. The monoisotopic (exact) mass is 782 g/mol. The number of aromatic nitrogens is 2. The lowest BCUT2D eigenvalue weighted by atomic mass is 10.0. The number of ether oxygens (including phenoxy) is 2. The van der Waals surface area contributed by atoms with Crippen molar-refractivity contribution in [3.05, 3.63) is 70.7 Å². The summed E-state index contributed by atoms with van der Waals surface area (Å²) in [4.78, 5) is 36.7. The largest absolute Gasteiger partial charge is 0.490 e. The number of alkyl halides is 3. The fraction of sp³-hybridized carbons (Fsp3) is 0.471. The third-order valence-corrected chi connectivity index (χ3v) is 11.8. The zero-order valence-corrected chi connectivity index (χ0v) is 31.1. The first-order valence-electron chi connectivity index (χ1n) is 16.8. The van der Waals surface area contributed by atoms with Gasteiger partial charge in [-0.05, 0) is 62.0 Å². The molecule has 2 atom stereocenters. The molecule has 0 saturated carbocycles. The van der Waals surface area contributed by atoms with Crippen molar-refractivity contribution >= 4 is 60.1 Å². The molecule has 5 rings (SSSR count). The molecule has 18 heteroatoms. The zero-order valence-electron chi connectivity index (χ0n) is 28.7. The summed E-state index contributed by atoms with van der Waals surface area (Å²) >= 11 is 2.53. The van der Waals surface area contributed by atoms with E-state index in [1.54, 1.807) is 55.8 Å². The minimum absolute atomic E-state index is 0.106. The topological polar surface area (TPSA) is 143 Å². The lowest BCUT2D eigenvalue weighted by Gasteiger charge is -2.33. The Hall–Kier alpha value is -3.84. The fourth-order valence-corrected chi connectivity index (χ4v) is 8.89. The van der Waals surface area contributed by atoms with E-state index in [1.165, 1.54) is 53.8 Å². The van der Waals surface area contributed by atoms with Gasteiger partial charge in [0.1, 0.15) is 12.7 Å². The molecule has 1 saturated heterocycles. The van der Waals surface area contributed by atoms with Crippen LogP contribution < -0.4 is 10.6 Å². The molecular weight excluding hydrogens is 742 g/mol. The molecule has 1 aliphatic heterocycles. The Balaban J connectivity index is 1.42. The molecule has 3 heterocycles.